The van der Waals surface area contributed by atoms with Crippen molar-refractivity contribution in [1.82, 2.24) is 9.55 Å². The highest BCUT2D eigenvalue weighted by Gasteiger charge is 2.20. The van der Waals surface area contributed by atoms with Gasteiger partial charge in [0.1, 0.15) is 5.82 Å². The molecule has 2 nitrogen and oxygen atoms in total. The highest BCUT2D eigenvalue weighted by atomic mass is 35.5. The number of halogens is 1. The molecule has 0 amide bonds. The van der Waals surface area contributed by atoms with E-state index < -0.39 is 0 Å². The normalized spacial score (nSPS) is 17.4. The summed E-state index contributed by atoms with van der Waals surface area (Å²) in [5, 5.41) is 0. The van der Waals surface area contributed by atoms with E-state index in [-0.39, 0.29) is 0 Å². The summed E-state index contributed by atoms with van der Waals surface area (Å²) in [5.74, 6) is 1.81. The summed E-state index contributed by atoms with van der Waals surface area (Å²) in [6.45, 7) is 0. The smallest absolute Gasteiger partial charge is 0.111 e. The molecule has 0 bridgehead atoms. The number of rotatable bonds is 3. The van der Waals surface area contributed by atoms with E-state index in [1.807, 2.05) is 0 Å². The molecule has 3 heteroatoms. The number of fused-ring (bicyclic) bond motifs is 1. The summed E-state index contributed by atoms with van der Waals surface area (Å²) in [7, 11) is 0. The van der Waals surface area contributed by atoms with Gasteiger partial charge < -0.3 is 4.57 Å². The number of para-hydroxylation sites is 2. The van der Waals surface area contributed by atoms with Crippen molar-refractivity contribution >= 4 is 22.6 Å². The van der Waals surface area contributed by atoms with E-state index in [4.69, 9.17) is 16.6 Å². The number of benzene rings is 1. The Morgan fingerprint density at radius 2 is 1.94 bits per heavy atom. The van der Waals surface area contributed by atoms with Gasteiger partial charge in [0.15, 0.2) is 0 Å². The minimum Gasteiger partial charge on any atom is -0.325 e. The quantitative estimate of drug-likeness (QED) is 0.753. The Kier molecular flexibility index (Phi) is 3.55. The van der Waals surface area contributed by atoms with Crippen molar-refractivity contribution in [3.8, 4) is 0 Å². The molecule has 0 radical (unpaired) electrons. The number of aromatic nitrogens is 2. The monoisotopic (exact) mass is 262 g/mol. The number of hydrogen-bond acceptors (Lipinski definition) is 1. The summed E-state index contributed by atoms with van der Waals surface area (Å²) in [6, 6.07) is 9.09. The number of aryl methyl sites for hydroxylation is 1. The van der Waals surface area contributed by atoms with Gasteiger partial charge in [-0.3, -0.25) is 0 Å². The number of hydrogen-bond donors (Lipinski definition) is 0. The van der Waals surface area contributed by atoms with E-state index in [0.717, 1.165) is 17.8 Å². The first kappa shape index (κ1) is 12.0. The summed E-state index contributed by atoms with van der Waals surface area (Å²) in [4.78, 5) is 4.76. The molecular weight excluding hydrogens is 244 g/mol. The van der Waals surface area contributed by atoms with Crippen LogP contribution < -0.4 is 0 Å². The Balaban J connectivity index is 2.07. The zero-order chi connectivity index (χ0) is 12.4. The zero-order valence-corrected chi connectivity index (χ0v) is 11.4. The second-order valence-electron chi connectivity index (χ2n) is 5.12. The fourth-order valence-electron chi connectivity index (χ4n) is 3.10. The van der Waals surface area contributed by atoms with Crippen LogP contribution in [0.3, 0.4) is 0 Å². The molecule has 0 aliphatic heterocycles. The molecule has 0 atom stereocenters. The Hall–Kier alpha value is -1.02. The molecule has 0 unspecified atom stereocenters. The van der Waals surface area contributed by atoms with Crippen LogP contribution in [0.4, 0.5) is 0 Å². The fourth-order valence-corrected chi connectivity index (χ4v) is 3.27. The summed E-state index contributed by atoms with van der Waals surface area (Å²) in [6.07, 6.45) is 7.51. The molecule has 2 aromatic rings. The molecule has 96 valence electrons. The van der Waals surface area contributed by atoms with Crippen molar-refractivity contribution in [2.24, 2.45) is 0 Å². The van der Waals surface area contributed by atoms with Crippen molar-refractivity contribution in [2.45, 2.75) is 44.6 Å². The van der Waals surface area contributed by atoms with Crippen molar-refractivity contribution in [3.05, 3.63) is 30.1 Å². The third-order valence-corrected chi connectivity index (χ3v) is 4.12. The maximum Gasteiger partial charge on any atom is 0.111 e. The predicted molar refractivity (Wildman–Crippen MR) is 76.3 cm³/mol. The van der Waals surface area contributed by atoms with Crippen LogP contribution >= 0.6 is 11.6 Å². The second-order valence-corrected chi connectivity index (χ2v) is 5.50. The van der Waals surface area contributed by atoms with Crippen LogP contribution in [-0.2, 0) is 6.42 Å². The van der Waals surface area contributed by atoms with E-state index in [9.17, 15) is 0 Å². The zero-order valence-electron chi connectivity index (χ0n) is 10.6. The highest BCUT2D eigenvalue weighted by molar-refractivity contribution is 6.17. The average molecular weight is 263 g/mol. The lowest BCUT2D eigenvalue weighted by molar-refractivity contribution is 0.353. The number of alkyl halides is 1. The van der Waals surface area contributed by atoms with Crippen LogP contribution in [0.1, 0.15) is 44.0 Å². The van der Waals surface area contributed by atoms with Gasteiger partial charge in [-0.25, -0.2) is 4.98 Å². The van der Waals surface area contributed by atoms with E-state index in [2.05, 4.69) is 28.8 Å². The van der Waals surface area contributed by atoms with Crippen molar-refractivity contribution < 1.29 is 0 Å². The Bertz CT molecular complexity index is 526. The largest absolute Gasteiger partial charge is 0.325 e. The molecular formula is C15H19ClN2. The predicted octanol–water partition coefficient (Wildman–Crippen LogP) is 4.32. The van der Waals surface area contributed by atoms with Crippen LogP contribution in [0, 0.1) is 0 Å². The molecule has 1 aliphatic carbocycles. The molecule has 0 spiro atoms. The van der Waals surface area contributed by atoms with Gasteiger partial charge in [0, 0.05) is 18.3 Å². The lowest BCUT2D eigenvalue weighted by Gasteiger charge is -2.25. The van der Waals surface area contributed by atoms with Gasteiger partial charge in [-0.05, 0) is 25.0 Å². The maximum atomic E-state index is 5.92. The lowest BCUT2D eigenvalue weighted by Crippen LogP contribution is -2.15. The van der Waals surface area contributed by atoms with Gasteiger partial charge in [0.25, 0.3) is 0 Å². The first-order valence-corrected chi connectivity index (χ1v) is 7.45. The van der Waals surface area contributed by atoms with Gasteiger partial charge in [0.05, 0.1) is 11.0 Å². The topological polar surface area (TPSA) is 17.8 Å². The van der Waals surface area contributed by atoms with Crippen molar-refractivity contribution in [1.29, 1.82) is 0 Å². The average Bonchev–Trinajstić information content (AvgIpc) is 2.78. The lowest BCUT2D eigenvalue weighted by atomic mass is 9.95. The van der Waals surface area contributed by atoms with Gasteiger partial charge in [0.2, 0.25) is 0 Å². The molecule has 0 saturated heterocycles. The fraction of sp³-hybridized carbons (Fsp3) is 0.533. The third kappa shape index (κ3) is 2.14. The molecule has 1 aromatic carbocycles. The second kappa shape index (κ2) is 5.31. The molecule has 1 fully saturated rings. The molecule has 3 rings (SSSR count). The van der Waals surface area contributed by atoms with Gasteiger partial charge in [-0.2, -0.15) is 0 Å². The Morgan fingerprint density at radius 3 is 2.72 bits per heavy atom. The number of imidazole rings is 1. The summed E-state index contributed by atoms with van der Waals surface area (Å²) >= 11 is 5.92. The standard InChI is InChI=1S/C15H19ClN2/c16-11-10-15-17-13-8-4-5-9-14(13)18(15)12-6-2-1-3-7-12/h4-5,8-9,12H,1-3,6-7,10-11H2. The minimum absolute atomic E-state index is 0.629. The van der Waals surface area contributed by atoms with Crippen LogP contribution in [0.5, 0.6) is 0 Å². The Labute approximate surface area is 113 Å². The molecule has 1 heterocycles. The van der Waals surface area contributed by atoms with Crippen LogP contribution in [0.25, 0.3) is 11.0 Å². The minimum atomic E-state index is 0.629. The maximum absolute atomic E-state index is 5.92. The highest BCUT2D eigenvalue weighted by Crippen LogP contribution is 2.32. The SMILES string of the molecule is ClCCc1nc2ccccc2n1C1CCCCC1. The summed E-state index contributed by atoms with van der Waals surface area (Å²) < 4.78 is 2.46. The van der Waals surface area contributed by atoms with Crippen LogP contribution in [-0.4, -0.2) is 15.4 Å². The molecule has 1 aromatic heterocycles. The van der Waals surface area contributed by atoms with Crippen molar-refractivity contribution in [2.75, 3.05) is 5.88 Å². The molecule has 18 heavy (non-hydrogen) atoms. The Morgan fingerprint density at radius 1 is 1.17 bits per heavy atom. The van der Waals surface area contributed by atoms with E-state index in [0.29, 0.717) is 11.9 Å². The van der Waals surface area contributed by atoms with Gasteiger partial charge in [-0.15, -0.1) is 11.6 Å². The van der Waals surface area contributed by atoms with E-state index >= 15 is 0 Å². The van der Waals surface area contributed by atoms with E-state index in [1.165, 1.54) is 37.6 Å². The van der Waals surface area contributed by atoms with Gasteiger partial charge in [-0.1, -0.05) is 31.4 Å². The van der Waals surface area contributed by atoms with Crippen LogP contribution in [0.2, 0.25) is 0 Å². The van der Waals surface area contributed by atoms with E-state index in [1.54, 1.807) is 0 Å². The first-order chi connectivity index (χ1) is 8.90. The first-order valence-electron chi connectivity index (χ1n) is 6.92. The van der Waals surface area contributed by atoms with Crippen molar-refractivity contribution in [3.63, 3.8) is 0 Å². The summed E-state index contributed by atoms with van der Waals surface area (Å²) in [5.41, 5.74) is 2.40. The molecule has 0 N–H and O–H groups in total. The van der Waals surface area contributed by atoms with Gasteiger partial charge >= 0.3 is 0 Å². The third-order valence-electron chi connectivity index (χ3n) is 3.93. The molecule has 1 saturated carbocycles. The molecule has 1 aliphatic rings. The van der Waals surface area contributed by atoms with Crippen LogP contribution in [0.15, 0.2) is 24.3 Å². The number of nitrogens with zero attached hydrogens (tertiary/aromatic N) is 2.